The van der Waals surface area contributed by atoms with Crippen molar-refractivity contribution in [3.05, 3.63) is 106 Å². The Balaban J connectivity index is 0.000000388. The number of hydrogen-bond donors (Lipinski definition) is 1. The van der Waals surface area contributed by atoms with Crippen molar-refractivity contribution in [1.82, 2.24) is 5.32 Å². The number of rotatable bonds is 11. The van der Waals surface area contributed by atoms with E-state index in [2.05, 4.69) is 129 Å². The molecule has 2 aromatic rings. The van der Waals surface area contributed by atoms with Gasteiger partial charge in [0.15, 0.2) is 0 Å². The number of unbranched alkanes of at least 4 members (excludes halogenated alkanes) is 4. The van der Waals surface area contributed by atoms with Crippen LogP contribution in [0.25, 0.3) is 11.3 Å². The maximum atomic E-state index is 4.23. The summed E-state index contributed by atoms with van der Waals surface area (Å²) in [5, 5.41) is 3.49. The molecule has 0 atom stereocenters. The molecule has 0 fully saturated rings. The van der Waals surface area contributed by atoms with Crippen LogP contribution in [0.1, 0.15) is 121 Å². The van der Waals surface area contributed by atoms with E-state index in [1.54, 1.807) is 0 Å². The summed E-state index contributed by atoms with van der Waals surface area (Å²) in [6, 6.07) is 15.2. The zero-order valence-corrected chi connectivity index (χ0v) is 26.8. The Morgan fingerprint density at radius 3 is 1.97 bits per heavy atom. The van der Waals surface area contributed by atoms with E-state index in [9.17, 15) is 0 Å². The molecule has 0 unspecified atom stereocenters. The van der Waals surface area contributed by atoms with E-state index in [0.717, 1.165) is 31.5 Å². The molecule has 0 radical (unpaired) electrons. The Kier molecular flexibility index (Phi) is 16.9. The van der Waals surface area contributed by atoms with Gasteiger partial charge in [-0.25, -0.2) is 0 Å². The van der Waals surface area contributed by atoms with Gasteiger partial charge in [-0.2, -0.15) is 0 Å². The zero-order valence-electron chi connectivity index (χ0n) is 26.8. The summed E-state index contributed by atoms with van der Waals surface area (Å²) >= 11 is 0. The molecule has 1 aliphatic rings. The fourth-order valence-corrected chi connectivity index (χ4v) is 4.42. The monoisotopic (exact) mass is 527 g/mol. The molecule has 1 aliphatic carbocycles. The summed E-state index contributed by atoms with van der Waals surface area (Å²) in [7, 11) is 0. The van der Waals surface area contributed by atoms with Crippen LogP contribution in [0.4, 0.5) is 0 Å². The van der Waals surface area contributed by atoms with E-state index in [1.807, 2.05) is 0 Å². The highest BCUT2D eigenvalue weighted by Gasteiger charge is 2.09. The second-order valence-corrected chi connectivity index (χ2v) is 11.1. The smallest absolute Gasteiger partial charge is 0.0366 e. The first-order valence-corrected chi connectivity index (χ1v) is 15.3. The normalized spacial score (nSPS) is 11.8. The average molecular weight is 528 g/mol. The summed E-state index contributed by atoms with van der Waals surface area (Å²) in [6.45, 7) is 24.8. The summed E-state index contributed by atoms with van der Waals surface area (Å²) < 4.78 is 0. The van der Waals surface area contributed by atoms with Crippen molar-refractivity contribution in [2.45, 2.75) is 114 Å². The molecule has 0 bridgehead atoms. The molecule has 1 heteroatoms. The van der Waals surface area contributed by atoms with Crippen molar-refractivity contribution < 1.29 is 0 Å². The molecule has 214 valence electrons. The van der Waals surface area contributed by atoms with Crippen LogP contribution in [0, 0.1) is 13.8 Å². The molecule has 1 nitrogen and oxygen atoms in total. The summed E-state index contributed by atoms with van der Waals surface area (Å²) in [5.74, 6) is 0. The van der Waals surface area contributed by atoms with Gasteiger partial charge in [0.1, 0.15) is 0 Å². The van der Waals surface area contributed by atoms with Gasteiger partial charge < -0.3 is 5.32 Å². The molecular formula is C38H57N. The Bertz CT molecular complexity index is 1100. The summed E-state index contributed by atoms with van der Waals surface area (Å²) in [5.41, 5.74) is 13.3. The van der Waals surface area contributed by atoms with Crippen LogP contribution in [0.2, 0.25) is 0 Å². The maximum absolute atomic E-state index is 4.23. The van der Waals surface area contributed by atoms with E-state index in [-0.39, 0.29) is 0 Å². The van der Waals surface area contributed by atoms with Gasteiger partial charge >= 0.3 is 0 Å². The van der Waals surface area contributed by atoms with Crippen LogP contribution in [-0.2, 0) is 6.42 Å². The summed E-state index contributed by atoms with van der Waals surface area (Å²) in [6.07, 6.45) is 14.9. The van der Waals surface area contributed by atoms with Gasteiger partial charge in [-0.1, -0.05) is 132 Å². The standard InChI is InChI=1S/C22H29N.C9H12.C7H16/c1-7-19-9-10-20(12-19)14-23-18(6)21-11-8-16(4)22(13-21)17(5)15(2)3;1-3-9-6-4-5-8(2)7-9;1-3-5-7-6-4-2/h8-11,13,23H,6-7,12,14H2,1-5H3;4-7H,3H2,1-2H3;3-7H2,1-2H3. The van der Waals surface area contributed by atoms with Crippen molar-refractivity contribution in [3.8, 4) is 0 Å². The number of benzene rings is 2. The van der Waals surface area contributed by atoms with E-state index >= 15 is 0 Å². The highest BCUT2D eigenvalue weighted by Crippen LogP contribution is 2.26. The van der Waals surface area contributed by atoms with E-state index in [4.69, 9.17) is 0 Å². The Hall–Kier alpha value is -2.80. The molecule has 0 aromatic heterocycles. The Labute approximate surface area is 242 Å². The first-order chi connectivity index (χ1) is 18.7. The lowest BCUT2D eigenvalue weighted by atomic mass is 9.95. The van der Waals surface area contributed by atoms with Gasteiger partial charge in [-0.3, -0.25) is 0 Å². The predicted molar refractivity (Wildman–Crippen MR) is 178 cm³/mol. The minimum Gasteiger partial charge on any atom is -0.381 e. The van der Waals surface area contributed by atoms with Crippen molar-refractivity contribution in [2.24, 2.45) is 0 Å². The van der Waals surface area contributed by atoms with Crippen LogP contribution < -0.4 is 5.32 Å². The third-order valence-corrected chi connectivity index (χ3v) is 7.43. The van der Waals surface area contributed by atoms with Crippen molar-refractivity contribution in [3.63, 3.8) is 0 Å². The van der Waals surface area contributed by atoms with E-state index < -0.39 is 0 Å². The van der Waals surface area contributed by atoms with Crippen LogP contribution in [0.15, 0.2) is 77.9 Å². The van der Waals surface area contributed by atoms with Crippen molar-refractivity contribution >= 4 is 11.3 Å². The first-order valence-electron chi connectivity index (χ1n) is 15.3. The van der Waals surface area contributed by atoms with Crippen molar-refractivity contribution in [1.29, 1.82) is 0 Å². The SMILES string of the molecule is C=C(NCC1=CC=C(CC)C1)c1ccc(C)c(C(C)=C(C)C)c1.CCCCCCC.CCc1cccc(C)c1. The van der Waals surface area contributed by atoms with Crippen LogP contribution in [-0.4, -0.2) is 6.54 Å². The molecule has 0 spiro atoms. The number of aryl methyl sites for hydroxylation is 3. The molecule has 0 amide bonds. The molecule has 39 heavy (non-hydrogen) atoms. The second-order valence-electron chi connectivity index (χ2n) is 11.1. The van der Waals surface area contributed by atoms with E-state index in [0.29, 0.717) is 0 Å². The van der Waals surface area contributed by atoms with Crippen LogP contribution >= 0.6 is 0 Å². The highest BCUT2D eigenvalue weighted by molar-refractivity contribution is 5.73. The number of nitrogens with one attached hydrogen (secondary N) is 1. The molecule has 3 rings (SSSR count). The molecule has 1 N–H and O–H groups in total. The third-order valence-electron chi connectivity index (χ3n) is 7.43. The van der Waals surface area contributed by atoms with Crippen LogP contribution in [0.5, 0.6) is 0 Å². The topological polar surface area (TPSA) is 12.0 Å². The lowest BCUT2D eigenvalue weighted by molar-refractivity contribution is 0.656. The van der Waals surface area contributed by atoms with Gasteiger partial charge in [0.05, 0.1) is 0 Å². The lowest BCUT2D eigenvalue weighted by Gasteiger charge is -2.15. The molecule has 0 saturated carbocycles. The van der Waals surface area contributed by atoms with Crippen LogP contribution in [0.3, 0.4) is 0 Å². The molecular weight excluding hydrogens is 470 g/mol. The molecule has 0 saturated heterocycles. The lowest BCUT2D eigenvalue weighted by Crippen LogP contribution is -2.14. The molecule has 0 aliphatic heterocycles. The zero-order chi connectivity index (χ0) is 29.2. The quantitative estimate of drug-likeness (QED) is 0.286. The van der Waals surface area contributed by atoms with Crippen molar-refractivity contribution in [2.75, 3.05) is 6.54 Å². The van der Waals surface area contributed by atoms with Gasteiger partial charge in [0.2, 0.25) is 0 Å². The Morgan fingerprint density at radius 2 is 1.46 bits per heavy atom. The van der Waals surface area contributed by atoms with Gasteiger partial charge in [-0.05, 0) is 93.3 Å². The number of allylic oxidation sites excluding steroid dienone is 5. The average Bonchev–Trinajstić information content (AvgIpc) is 3.41. The fraction of sp³-hybridized carbons (Fsp3) is 0.474. The maximum Gasteiger partial charge on any atom is 0.0366 e. The highest BCUT2D eigenvalue weighted by atomic mass is 14.9. The third kappa shape index (κ3) is 13.2. The predicted octanol–water partition coefficient (Wildman–Crippen LogP) is 11.6. The van der Waals surface area contributed by atoms with E-state index in [1.165, 1.54) is 82.2 Å². The fourth-order valence-electron chi connectivity index (χ4n) is 4.42. The summed E-state index contributed by atoms with van der Waals surface area (Å²) in [4.78, 5) is 0. The van der Waals surface area contributed by atoms with Gasteiger partial charge in [0.25, 0.3) is 0 Å². The molecule has 0 heterocycles. The van der Waals surface area contributed by atoms with Gasteiger partial charge in [-0.15, -0.1) is 0 Å². The first kappa shape index (κ1) is 34.2. The number of hydrogen-bond acceptors (Lipinski definition) is 1. The minimum absolute atomic E-state index is 0.879. The molecule has 2 aromatic carbocycles. The largest absolute Gasteiger partial charge is 0.381 e. The Morgan fingerprint density at radius 1 is 0.795 bits per heavy atom. The second kappa shape index (κ2) is 19.3. The minimum atomic E-state index is 0.879. The van der Waals surface area contributed by atoms with Gasteiger partial charge in [0, 0.05) is 12.2 Å².